The van der Waals surface area contributed by atoms with E-state index in [0.717, 1.165) is 5.75 Å². The molecule has 108 valence electrons. The van der Waals surface area contributed by atoms with E-state index in [4.69, 9.17) is 10.00 Å². The Kier molecular flexibility index (Phi) is 5.57. The molecule has 0 aliphatic rings. The maximum atomic E-state index is 12.1. The highest BCUT2D eigenvalue weighted by atomic mass is 16.5. The Labute approximate surface area is 120 Å². The Morgan fingerprint density at radius 2 is 1.95 bits per heavy atom. The molecule has 0 heterocycles. The molecule has 0 fully saturated rings. The lowest BCUT2D eigenvalue weighted by Gasteiger charge is -2.25. The summed E-state index contributed by atoms with van der Waals surface area (Å²) >= 11 is 0. The van der Waals surface area contributed by atoms with Crippen molar-refractivity contribution in [2.45, 2.75) is 33.7 Å². The molecule has 1 aromatic carbocycles. The van der Waals surface area contributed by atoms with Crippen LogP contribution in [0.2, 0.25) is 0 Å². The minimum Gasteiger partial charge on any atom is -0.491 e. The standard InChI is InChI=1S/C16H22N2O2/c1-12(11-20-13-8-6-5-7-9-13)18-15(19)14(10-17)16(2,3)4/h5-9,12,14H,11H2,1-4H3,(H,18,19)/t12-,14-/m0/s1. The Hall–Kier alpha value is -2.02. The van der Waals surface area contributed by atoms with E-state index in [1.54, 1.807) is 0 Å². The van der Waals surface area contributed by atoms with Gasteiger partial charge in [0.15, 0.2) is 0 Å². The first-order valence-electron chi connectivity index (χ1n) is 6.72. The van der Waals surface area contributed by atoms with E-state index in [2.05, 4.69) is 11.4 Å². The normalized spacial score (nSPS) is 13.9. The largest absolute Gasteiger partial charge is 0.491 e. The van der Waals surface area contributed by atoms with Crippen molar-refractivity contribution in [3.63, 3.8) is 0 Å². The highest BCUT2D eigenvalue weighted by Gasteiger charge is 2.31. The lowest BCUT2D eigenvalue weighted by molar-refractivity contribution is -0.126. The van der Waals surface area contributed by atoms with Gasteiger partial charge in [-0.25, -0.2) is 0 Å². The summed E-state index contributed by atoms with van der Waals surface area (Å²) in [5.74, 6) is -0.146. The van der Waals surface area contributed by atoms with Crippen LogP contribution in [0.15, 0.2) is 30.3 Å². The second-order valence-electron chi connectivity index (χ2n) is 5.96. The van der Waals surface area contributed by atoms with Crippen LogP contribution in [0.4, 0.5) is 0 Å². The number of carbonyl (C=O) groups is 1. The zero-order valence-corrected chi connectivity index (χ0v) is 12.5. The van der Waals surface area contributed by atoms with Gasteiger partial charge in [0.25, 0.3) is 0 Å². The number of ether oxygens (including phenoxy) is 1. The van der Waals surface area contributed by atoms with E-state index in [1.807, 2.05) is 58.0 Å². The maximum absolute atomic E-state index is 12.1. The molecule has 0 aromatic heterocycles. The van der Waals surface area contributed by atoms with Crippen LogP contribution in [0.1, 0.15) is 27.7 Å². The lowest BCUT2D eigenvalue weighted by atomic mass is 9.81. The molecule has 4 nitrogen and oxygen atoms in total. The van der Waals surface area contributed by atoms with Gasteiger partial charge < -0.3 is 10.1 Å². The predicted molar refractivity (Wildman–Crippen MR) is 78.1 cm³/mol. The van der Waals surface area contributed by atoms with Crippen LogP contribution < -0.4 is 10.1 Å². The molecule has 0 spiro atoms. The molecule has 0 unspecified atom stereocenters. The molecule has 1 amide bonds. The topological polar surface area (TPSA) is 62.1 Å². The monoisotopic (exact) mass is 274 g/mol. The van der Waals surface area contributed by atoms with Crippen molar-refractivity contribution in [1.82, 2.24) is 5.32 Å². The molecule has 1 rings (SSSR count). The van der Waals surface area contributed by atoms with Crippen LogP contribution in [-0.2, 0) is 4.79 Å². The molecule has 20 heavy (non-hydrogen) atoms. The van der Waals surface area contributed by atoms with Crippen molar-refractivity contribution in [3.05, 3.63) is 30.3 Å². The first-order valence-corrected chi connectivity index (χ1v) is 6.72. The van der Waals surface area contributed by atoms with Gasteiger partial charge in [-0.05, 0) is 24.5 Å². The van der Waals surface area contributed by atoms with Gasteiger partial charge in [0.1, 0.15) is 18.3 Å². The Bertz CT molecular complexity index is 471. The quantitative estimate of drug-likeness (QED) is 0.898. The van der Waals surface area contributed by atoms with E-state index in [9.17, 15) is 4.79 Å². The summed E-state index contributed by atoms with van der Waals surface area (Å²) in [6.45, 7) is 7.87. The number of amides is 1. The molecule has 0 bridgehead atoms. The van der Waals surface area contributed by atoms with Gasteiger partial charge in [-0.15, -0.1) is 0 Å². The molecule has 0 saturated carbocycles. The van der Waals surface area contributed by atoms with Gasteiger partial charge in [-0.1, -0.05) is 39.0 Å². The second kappa shape index (κ2) is 6.95. The van der Waals surface area contributed by atoms with Crippen LogP contribution in [-0.4, -0.2) is 18.6 Å². The Balaban J connectivity index is 2.48. The van der Waals surface area contributed by atoms with E-state index in [0.29, 0.717) is 6.61 Å². The van der Waals surface area contributed by atoms with Gasteiger partial charge in [0.2, 0.25) is 5.91 Å². The van der Waals surface area contributed by atoms with Gasteiger partial charge in [-0.2, -0.15) is 5.26 Å². The molecule has 1 aromatic rings. The zero-order valence-electron chi connectivity index (χ0n) is 12.5. The number of benzene rings is 1. The van der Waals surface area contributed by atoms with Crippen LogP contribution in [0.5, 0.6) is 5.75 Å². The summed E-state index contributed by atoms with van der Waals surface area (Å²) in [4.78, 5) is 12.1. The van der Waals surface area contributed by atoms with Crippen molar-refractivity contribution in [2.75, 3.05) is 6.61 Å². The number of carbonyl (C=O) groups excluding carboxylic acids is 1. The van der Waals surface area contributed by atoms with Crippen molar-refractivity contribution < 1.29 is 9.53 Å². The van der Waals surface area contributed by atoms with Gasteiger partial charge in [0.05, 0.1) is 12.1 Å². The third kappa shape index (κ3) is 4.93. The first-order chi connectivity index (χ1) is 9.34. The average molecular weight is 274 g/mol. The molecule has 0 saturated heterocycles. The molecule has 0 aliphatic carbocycles. The van der Waals surface area contributed by atoms with E-state index < -0.39 is 5.92 Å². The second-order valence-corrected chi connectivity index (χ2v) is 5.96. The number of nitrogens with zero attached hydrogens (tertiary/aromatic N) is 1. The number of hydrogen-bond acceptors (Lipinski definition) is 3. The number of para-hydroxylation sites is 1. The van der Waals surface area contributed by atoms with Crippen molar-refractivity contribution in [3.8, 4) is 11.8 Å². The van der Waals surface area contributed by atoms with Crippen molar-refractivity contribution in [1.29, 1.82) is 5.26 Å². The smallest absolute Gasteiger partial charge is 0.238 e. The van der Waals surface area contributed by atoms with Crippen LogP contribution in [0.25, 0.3) is 0 Å². The third-order valence-corrected chi connectivity index (χ3v) is 2.89. The molecule has 0 radical (unpaired) electrons. The SMILES string of the molecule is C[C@@H](COc1ccccc1)NC(=O)[C@H](C#N)C(C)(C)C. The summed E-state index contributed by atoms with van der Waals surface area (Å²) in [6, 6.07) is 11.3. The van der Waals surface area contributed by atoms with E-state index in [-0.39, 0.29) is 17.4 Å². The minimum absolute atomic E-state index is 0.152. The van der Waals surface area contributed by atoms with E-state index in [1.165, 1.54) is 0 Å². The predicted octanol–water partition coefficient (Wildman–Crippen LogP) is 2.76. The fourth-order valence-corrected chi connectivity index (χ4v) is 1.75. The molecular formula is C16H22N2O2. The van der Waals surface area contributed by atoms with Crippen LogP contribution >= 0.6 is 0 Å². The fourth-order valence-electron chi connectivity index (χ4n) is 1.75. The highest BCUT2D eigenvalue weighted by Crippen LogP contribution is 2.25. The van der Waals surface area contributed by atoms with Gasteiger partial charge >= 0.3 is 0 Å². The van der Waals surface area contributed by atoms with Crippen LogP contribution in [0.3, 0.4) is 0 Å². The van der Waals surface area contributed by atoms with Crippen LogP contribution in [0, 0.1) is 22.7 Å². The lowest BCUT2D eigenvalue weighted by Crippen LogP contribution is -2.43. The number of nitrogens with one attached hydrogen (secondary N) is 1. The van der Waals surface area contributed by atoms with Crippen molar-refractivity contribution in [2.24, 2.45) is 11.3 Å². The Morgan fingerprint density at radius 1 is 1.35 bits per heavy atom. The van der Waals surface area contributed by atoms with Crippen molar-refractivity contribution >= 4 is 5.91 Å². The van der Waals surface area contributed by atoms with E-state index >= 15 is 0 Å². The minimum atomic E-state index is -0.665. The first kappa shape index (κ1) is 16.0. The summed E-state index contributed by atoms with van der Waals surface area (Å²) in [6.07, 6.45) is 0. The number of nitriles is 1. The number of rotatable bonds is 5. The third-order valence-electron chi connectivity index (χ3n) is 2.89. The summed E-state index contributed by atoms with van der Waals surface area (Å²) < 4.78 is 5.57. The molecule has 1 N–H and O–H groups in total. The molecule has 0 aliphatic heterocycles. The van der Waals surface area contributed by atoms with Gasteiger partial charge in [0, 0.05) is 0 Å². The number of hydrogen-bond donors (Lipinski definition) is 1. The molecule has 4 heteroatoms. The summed E-state index contributed by atoms with van der Waals surface area (Å²) in [7, 11) is 0. The molecule has 2 atom stereocenters. The fraction of sp³-hybridized carbons (Fsp3) is 0.500. The average Bonchev–Trinajstić information content (AvgIpc) is 2.36. The highest BCUT2D eigenvalue weighted by molar-refractivity contribution is 5.82. The maximum Gasteiger partial charge on any atom is 0.238 e. The molecular weight excluding hydrogens is 252 g/mol. The zero-order chi connectivity index (χ0) is 15.2. The van der Waals surface area contributed by atoms with Gasteiger partial charge in [-0.3, -0.25) is 4.79 Å². The Morgan fingerprint density at radius 3 is 2.45 bits per heavy atom. The summed E-state index contributed by atoms with van der Waals surface area (Å²) in [5, 5.41) is 11.9. The summed E-state index contributed by atoms with van der Waals surface area (Å²) in [5.41, 5.74) is -0.376.